The van der Waals surface area contributed by atoms with E-state index in [2.05, 4.69) is 6.92 Å². The highest BCUT2D eigenvalue weighted by atomic mass is 19.4. The minimum atomic E-state index is -4.40. The molecule has 41 heavy (non-hydrogen) atoms. The number of hydrogen-bond acceptors (Lipinski definition) is 2. The normalized spacial score (nSPS) is 12.7. The van der Waals surface area contributed by atoms with E-state index in [4.69, 9.17) is 10.8 Å². The van der Waals surface area contributed by atoms with Crippen LogP contribution in [0.15, 0.2) is 66.7 Å². The Morgan fingerprint density at radius 2 is 1.54 bits per heavy atom. The number of benzene rings is 3. The Hall–Kier alpha value is -3.81. The Morgan fingerprint density at radius 1 is 0.878 bits per heavy atom. The number of alkyl halides is 3. The minimum Gasteiger partial charge on any atom is -0.699 e. The van der Waals surface area contributed by atoms with Crippen molar-refractivity contribution in [1.29, 1.82) is 0 Å². The lowest BCUT2D eigenvalue weighted by molar-refractivity contribution is -0.137. The first-order chi connectivity index (χ1) is 19.6. The van der Waals surface area contributed by atoms with Gasteiger partial charge in [-0.15, -0.1) is 5.69 Å². The van der Waals surface area contributed by atoms with Crippen molar-refractivity contribution in [1.82, 2.24) is 4.90 Å². The van der Waals surface area contributed by atoms with Crippen molar-refractivity contribution in [3.8, 4) is 11.1 Å². The Bertz CT molecular complexity index is 1290. The number of halogens is 3. The molecule has 5 nitrogen and oxygen atoms in total. The summed E-state index contributed by atoms with van der Waals surface area (Å²) in [5.74, 6) is -0.815. The molecule has 0 bridgehead atoms. The lowest BCUT2D eigenvalue weighted by Crippen LogP contribution is -2.35. The van der Waals surface area contributed by atoms with Gasteiger partial charge in [-0.05, 0) is 53.3 Å². The van der Waals surface area contributed by atoms with Gasteiger partial charge < -0.3 is 15.7 Å². The van der Waals surface area contributed by atoms with Crippen molar-refractivity contribution in [2.24, 2.45) is 0 Å². The maximum Gasteiger partial charge on any atom is 0.416 e. The molecule has 3 aromatic carbocycles. The van der Waals surface area contributed by atoms with Gasteiger partial charge in [0.1, 0.15) is 0 Å². The summed E-state index contributed by atoms with van der Waals surface area (Å²) >= 11 is 0. The van der Waals surface area contributed by atoms with Crippen molar-refractivity contribution in [2.45, 2.75) is 77.4 Å². The molecule has 0 radical (unpaired) electrons. The molecule has 220 valence electrons. The first-order valence-corrected chi connectivity index (χ1v) is 14.2. The third kappa shape index (κ3) is 9.66. The molecule has 0 unspecified atom stereocenters. The fourth-order valence-electron chi connectivity index (χ4n) is 4.92. The molecule has 1 amide bonds. The predicted octanol–water partition coefficient (Wildman–Crippen LogP) is 9.47. The standard InChI is InChI=1S/C19H29N2O.C14H9F3O2/c1-2-3-4-5-6-7-8-9-19(22)21-13-12-16-14-18(20)11-10-17(16)15-21;15-14(16,17)10-7-5-9(6-8-10)11-3-1-2-4-12(11)13(18)19/h10-11,14,20H,2-9,12-13,15H2,1H3;1-8H,(H,18,19)/q-1;. The number of unbranched alkanes of at least 4 members (excludes halogenated alkanes) is 6. The molecule has 0 fully saturated rings. The van der Waals surface area contributed by atoms with E-state index in [1.165, 1.54) is 67.9 Å². The number of aromatic carboxylic acids is 1. The molecule has 1 aliphatic rings. The van der Waals surface area contributed by atoms with E-state index in [1.807, 2.05) is 23.1 Å². The van der Waals surface area contributed by atoms with Crippen LogP contribution in [0.2, 0.25) is 0 Å². The zero-order valence-electron chi connectivity index (χ0n) is 23.5. The maximum absolute atomic E-state index is 12.4. The number of fused-ring (bicyclic) bond motifs is 1. The van der Waals surface area contributed by atoms with Gasteiger partial charge in [-0.3, -0.25) is 4.79 Å². The molecule has 0 saturated heterocycles. The summed E-state index contributed by atoms with van der Waals surface area (Å²) in [5, 5.41) is 9.03. The van der Waals surface area contributed by atoms with Crippen LogP contribution in [0, 0.1) is 0 Å². The van der Waals surface area contributed by atoms with Crippen molar-refractivity contribution in [2.75, 3.05) is 6.54 Å². The zero-order valence-corrected chi connectivity index (χ0v) is 23.5. The number of hydrogen-bond donors (Lipinski definition) is 1. The number of carboxylic acids is 1. The monoisotopic (exact) mass is 567 g/mol. The smallest absolute Gasteiger partial charge is 0.416 e. The number of amides is 1. The topological polar surface area (TPSA) is 81.4 Å². The lowest BCUT2D eigenvalue weighted by atomic mass is 9.98. The summed E-state index contributed by atoms with van der Waals surface area (Å²) in [5.41, 5.74) is 10.8. The summed E-state index contributed by atoms with van der Waals surface area (Å²) in [6.07, 6.45) is 5.95. The Balaban J connectivity index is 0.000000228. The average molecular weight is 568 g/mol. The van der Waals surface area contributed by atoms with Crippen molar-refractivity contribution >= 4 is 17.6 Å². The first kappa shape index (κ1) is 31.7. The van der Waals surface area contributed by atoms with Crippen LogP contribution >= 0.6 is 0 Å². The van der Waals surface area contributed by atoms with Gasteiger partial charge in [0.25, 0.3) is 0 Å². The molecular weight excluding hydrogens is 529 g/mol. The van der Waals surface area contributed by atoms with Gasteiger partial charge in [0.2, 0.25) is 5.91 Å². The second-order valence-electron chi connectivity index (χ2n) is 10.3. The highest BCUT2D eigenvalue weighted by molar-refractivity contribution is 5.96. The predicted molar refractivity (Wildman–Crippen MR) is 156 cm³/mol. The molecule has 4 rings (SSSR count). The quantitative estimate of drug-likeness (QED) is 0.248. The fourth-order valence-corrected chi connectivity index (χ4v) is 4.92. The van der Waals surface area contributed by atoms with Crippen LogP contribution in [0.4, 0.5) is 18.9 Å². The van der Waals surface area contributed by atoms with Gasteiger partial charge in [-0.2, -0.15) is 13.2 Å². The number of nitrogens with one attached hydrogen (secondary N) is 1. The van der Waals surface area contributed by atoms with E-state index in [1.54, 1.807) is 18.2 Å². The number of rotatable bonds is 10. The molecule has 0 aliphatic carbocycles. The van der Waals surface area contributed by atoms with Gasteiger partial charge in [0.15, 0.2) is 0 Å². The molecular formula is C33H38F3N2O3-. The minimum absolute atomic E-state index is 0.0576. The maximum atomic E-state index is 12.4. The number of nitrogens with zero attached hydrogens (tertiary/aromatic N) is 1. The summed E-state index contributed by atoms with van der Waals surface area (Å²) in [7, 11) is 0. The van der Waals surface area contributed by atoms with Gasteiger partial charge in [0, 0.05) is 19.5 Å². The summed E-state index contributed by atoms with van der Waals surface area (Å²) in [6, 6.07) is 16.4. The Kier molecular flexibility index (Phi) is 11.8. The van der Waals surface area contributed by atoms with Crippen LogP contribution in [-0.4, -0.2) is 28.4 Å². The van der Waals surface area contributed by atoms with E-state index in [0.29, 0.717) is 29.1 Å². The van der Waals surface area contributed by atoms with Crippen LogP contribution in [0.5, 0.6) is 0 Å². The molecule has 0 atom stereocenters. The van der Waals surface area contributed by atoms with Crippen LogP contribution in [0.3, 0.4) is 0 Å². The fraction of sp³-hybridized carbons (Fsp3) is 0.394. The summed E-state index contributed by atoms with van der Waals surface area (Å²) < 4.78 is 37.3. The second-order valence-corrected chi connectivity index (χ2v) is 10.3. The Morgan fingerprint density at radius 3 is 2.20 bits per heavy atom. The highest BCUT2D eigenvalue weighted by Gasteiger charge is 2.30. The second kappa shape index (κ2) is 15.3. The molecule has 1 aliphatic heterocycles. The summed E-state index contributed by atoms with van der Waals surface area (Å²) in [4.78, 5) is 25.3. The van der Waals surface area contributed by atoms with Crippen LogP contribution < -0.4 is 0 Å². The molecule has 1 heterocycles. The van der Waals surface area contributed by atoms with E-state index in [0.717, 1.165) is 38.1 Å². The molecule has 0 aromatic heterocycles. The number of carbonyl (C=O) groups is 2. The number of carbonyl (C=O) groups excluding carboxylic acids is 1. The lowest BCUT2D eigenvalue weighted by Gasteiger charge is -2.29. The largest absolute Gasteiger partial charge is 0.699 e. The molecule has 0 saturated carbocycles. The molecule has 8 heteroatoms. The average Bonchev–Trinajstić information content (AvgIpc) is 2.96. The number of carboxylic acid groups (broad SMARTS) is 1. The van der Waals surface area contributed by atoms with Gasteiger partial charge >= 0.3 is 12.1 Å². The SMILES string of the molecule is CCCCCCCCCC(=O)N1CCc2cc([NH-])ccc2C1.O=C(O)c1ccccc1-c1ccc(C(F)(F)F)cc1. The third-order valence-corrected chi connectivity index (χ3v) is 7.25. The van der Waals surface area contributed by atoms with Crippen molar-refractivity contribution in [3.05, 3.63) is 94.7 Å². The molecule has 2 N–H and O–H groups in total. The van der Waals surface area contributed by atoms with Crippen LogP contribution in [0.25, 0.3) is 16.9 Å². The van der Waals surface area contributed by atoms with Crippen molar-refractivity contribution in [3.63, 3.8) is 0 Å². The molecule has 3 aromatic rings. The first-order valence-electron chi connectivity index (χ1n) is 14.2. The zero-order chi connectivity index (χ0) is 29.8. The van der Waals surface area contributed by atoms with E-state index in [9.17, 15) is 22.8 Å². The van der Waals surface area contributed by atoms with Gasteiger partial charge in [-0.25, -0.2) is 4.79 Å². The molecule has 0 spiro atoms. The van der Waals surface area contributed by atoms with E-state index in [-0.39, 0.29) is 5.56 Å². The van der Waals surface area contributed by atoms with Crippen molar-refractivity contribution < 1.29 is 27.9 Å². The summed E-state index contributed by atoms with van der Waals surface area (Å²) in [6.45, 7) is 3.77. The van der Waals surface area contributed by atoms with Crippen LogP contribution in [-0.2, 0) is 23.9 Å². The van der Waals surface area contributed by atoms with Crippen LogP contribution in [0.1, 0.15) is 85.3 Å². The van der Waals surface area contributed by atoms with E-state index < -0.39 is 17.7 Å². The van der Waals surface area contributed by atoms with Gasteiger partial charge in [-0.1, -0.05) is 94.0 Å². The van der Waals surface area contributed by atoms with E-state index >= 15 is 0 Å². The third-order valence-electron chi connectivity index (χ3n) is 7.25. The Labute approximate surface area is 240 Å². The van der Waals surface area contributed by atoms with Gasteiger partial charge in [0.05, 0.1) is 11.1 Å². The highest BCUT2D eigenvalue weighted by Crippen LogP contribution is 2.32.